The monoisotopic (exact) mass is 325 g/mol. The van der Waals surface area contributed by atoms with E-state index in [2.05, 4.69) is 20.0 Å². The van der Waals surface area contributed by atoms with Gasteiger partial charge in [-0.1, -0.05) is 12.5 Å². The predicted molar refractivity (Wildman–Crippen MR) is 89.8 cm³/mol. The van der Waals surface area contributed by atoms with Crippen LogP contribution in [0.2, 0.25) is 0 Å². The lowest BCUT2D eigenvalue weighted by Gasteiger charge is -2.35. The number of aromatic nitrogens is 4. The van der Waals surface area contributed by atoms with E-state index in [1.54, 1.807) is 31.0 Å². The summed E-state index contributed by atoms with van der Waals surface area (Å²) in [6, 6.07) is 7.33. The van der Waals surface area contributed by atoms with Gasteiger partial charge in [0.05, 0.1) is 12.1 Å². The molecule has 0 saturated carbocycles. The van der Waals surface area contributed by atoms with Crippen molar-refractivity contribution >= 4 is 10.9 Å². The van der Waals surface area contributed by atoms with Gasteiger partial charge in [0.15, 0.2) is 0 Å². The normalized spacial score (nSPS) is 19.0. The molecular weight excluding hydrogens is 305 g/mol. The van der Waals surface area contributed by atoms with Crippen LogP contribution >= 0.6 is 0 Å². The van der Waals surface area contributed by atoms with Crippen molar-refractivity contribution < 1.29 is 4.39 Å². The maximum atomic E-state index is 14.0. The topological polar surface area (TPSA) is 46.8 Å². The first-order chi connectivity index (χ1) is 11.8. The molecule has 0 amide bonds. The summed E-state index contributed by atoms with van der Waals surface area (Å²) in [6.07, 6.45) is 8.61. The zero-order valence-electron chi connectivity index (χ0n) is 13.5. The third kappa shape index (κ3) is 3.14. The lowest BCUT2D eigenvalue weighted by atomic mass is 10.00. The van der Waals surface area contributed by atoms with Crippen LogP contribution in [0.1, 0.15) is 24.8 Å². The SMILES string of the molecule is Fc1cc(CN2CCCC[C@@H]2Cn2cncn2)c2ncccc2c1. The van der Waals surface area contributed by atoms with E-state index in [1.807, 2.05) is 16.8 Å². The average Bonchev–Trinajstić information content (AvgIpc) is 3.09. The Labute approximate surface area is 140 Å². The molecule has 4 rings (SSSR count). The van der Waals surface area contributed by atoms with Crippen LogP contribution in [0.15, 0.2) is 43.1 Å². The minimum Gasteiger partial charge on any atom is -0.294 e. The highest BCUT2D eigenvalue weighted by molar-refractivity contribution is 5.81. The summed E-state index contributed by atoms with van der Waals surface area (Å²) in [5.41, 5.74) is 1.85. The third-order valence-electron chi connectivity index (χ3n) is 4.74. The van der Waals surface area contributed by atoms with E-state index < -0.39 is 0 Å². The van der Waals surface area contributed by atoms with Gasteiger partial charge in [-0.25, -0.2) is 9.37 Å². The highest BCUT2D eigenvalue weighted by Crippen LogP contribution is 2.25. The number of hydrogen-bond donors (Lipinski definition) is 0. The first kappa shape index (κ1) is 15.2. The van der Waals surface area contributed by atoms with Gasteiger partial charge in [-0.05, 0) is 43.1 Å². The number of likely N-dealkylation sites (tertiary alicyclic amines) is 1. The molecule has 0 spiro atoms. The molecule has 0 radical (unpaired) electrons. The minimum absolute atomic E-state index is 0.199. The van der Waals surface area contributed by atoms with E-state index in [4.69, 9.17) is 0 Å². The largest absolute Gasteiger partial charge is 0.294 e. The number of halogens is 1. The summed E-state index contributed by atoms with van der Waals surface area (Å²) in [5, 5.41) is 5.08. The van der Waals surface area contributed by atoms with Crippen LogP contribution in [0, 0.1) is 5.82 Å². The van der Waals surface area contributed by atoms with Gasteiger partial charge in [0.1, 0.15) is 18.5 Å². The fourth-order valence-corrected chi connectivity index (χ4v) is 3.58. The standard InChI is InChI=1S/C18H20FN5/c19-16-8-14-4-3-6-21-18(14)15(9-16)10-23-7-2-1-5-17(23)11-24-13-20-12-22-24/h3-4,6,8-9,12-13,17H,1-2,5,7,10-11H2/t17-/m1/s1. The maximum Gasteiger partial charge on any atom is 0.137 e. The van der Waals surface area contributed by atoms with E-state index in [0.717, 1.165) is 36.0 Å². The van der Waals surface area contributed by atoms with Crippen LogP contribution in [0.25, 0.3) is 10.9 Å². The van der Waals surface area contributed by atoms with Crippen LogP contribution in [0.5, 0.6) is 0 Å². The molecule has 0 unspecified atom stereocenters. The Morgan fingerprint density at radius 3 is 3.08 bits per heavy atom. The second kappa shape index (κ2) is 6.65. The zero-order chi connectivity index (χ0) is 16.4. The van der Waals surface area contributed by atoms with Crippen LogP contribution in [-0.2, 0) is 13.1 Å². The summed E-state index contributed by atoms with van der Waals surface area (Å²) >= 11 is 0. The van der Waals surface area contributed by atoms with Crippen molar-refractivity contribution in [2.45, 2.75) is 38.4 Å². The Morgan fingerprint density at radius 2 is 2.21 bits per heavy atom. The molecule has 2 aromatic heterocycles. The number of nitrogens with zero attached hydrogens (tertiary/aromatic N) is 5. The summed E-state index contributed by atoms with van der Waals surface area (Å²) in [4.78, 5) is 10.9. The maximum absolute atomic E-state index is 14.0. The van der Waals surface area contributed by atoms with Gasteiger partial charge >= 0.3 is 0 Å². The smallest absolute Gasteiger partial charge is 0.137 e. The van der Waals surface area contributed by atoms with Gasteiger partial charge in [0.25, 0.3) is 0 Å². The van der Waals surface area contributed by atoms with Gasteiger partial charge in [0.2, 0.25) is 0 Å². The van der Waals surface area contributed by atoms with Crippen molar-refractivity contribution in [3.05, 3.63) is 54.5 Å². The van der Waals surface area contributed by atoms with E-state index >= 15 is 0 Å². The van der Waals surface area contributed by atoms with Crippen molar-refractivity contribution in [1.82, 2.24) is 24.6 Å². The molecule has 24 heavy (non-hydrogen) atoms. The molecule has 0 aliphatic carbocycles. The Balaban J connectivity index is 1.60. The number of fused-ring (bicyclic) bond motifs is 1. The molecule has 5 nitrogen and oxygen atoms in total. The summed E-state index contributed by atoms with van der Waals surface area (Å²) < 4.78 is 15.9. The molecule has 0 N–H and O–H groups in total. The Hall–Kier alpha value is -2.34. The first-order valence-corrected chi connectivity index (χ1v) is 8.39. The van der Waals surface area contributed by atoms with Crippen LogP contribution in [0.3, 0.4) is 0 Å². The second-order valence-corrected chi connectivity index (χ2v) is 6.38. The highest BCUT2D eigenvalue weighted by atomic mass is 19.1. The van der Waals surface area contributed by atoms with Crippen molar-refractivity contribution in [3.8, 4) is 0 Å². The van der Waals surface area contributed by atoms with Crippen LogP contribution in [0.4, 0.5) is 4.39 Å². The average molecular weight is 325 g/mol. The summed E-state index contributed by atoms with van der Waals surface area (Å²) in [7, 11) is 0. The van der Waals surface area contributed by atoms with E-state index in [-0.39, 0.29) is 5.82 Å². The Morgan fingerprint density at radius 1 is 1.25 bits per heavy atom. The van der Waals surface area contributed by atoms with Gasteiger partial charge < -0.3 is 0 Å². The molecular formula is C18H20FN5. The lowest BCUT2D eigenvalue weighted by Crippen LogP contribution is -2.41. The summed E-state index contributed by atoms with van der Waals surface area (Å²) in [5.74, 6) is -0.199. The van der Waals surface area contributed by atoms with Crippen LogP contribution < -0.4 is 0 Å². The predicted octanol–water partition coefficient (Wildman–Crippen LogP) is 3.02. The number of piperidine rings is 1. The van der Waals surface area contributed by atoms with E-state index in [0.29, 0.717) is 12.6 Å². The van der Waals surface area contributed by atoms with Gasteiger partial charge in [-0.15, -0.1) is 0 Å². The number of hydrogen-bond acceptors (Lipinski definition) is 4. The molecule has 1 fully saturated rings. The molecule has 1 aliphatic rings. The molecule has 0 bridgehead atoms. The fraction of sp³-hybridized carbons (Fsp3) is 0.389. The molecule has 1 saturated heterocycles. The first-order valence-electron chi connectivity index (χ1n) is 8.39. The second-order valence-electron chi connectivity index (χ2n) is 6.38. The Kier molecular flexibility index (Phi) is 4.21. The molecule has 124 valence electrons. The molecule has 3 aromatic rings. The number of benzene rings is 1. The van der Waals surface area contributed by atoms with E-state index in [9.17, 15) is 4.39 Å². The third-order valence-corrected chi connectivity index (χ3v) is 4.74. The van der Waals surface area contributed by atoms with Crippen LogP contribution in [-0.4, -0.2) is 37.2 Å². The fourth-order valence-electron chi connectivity index (χ4n) is 3.58. The minimum atomic E-state index is -0.199. The zero-order valence-corrected chi connectivity index (χ0v) is 13.5. The quantitative estimate of drug-likeness (QED) is 0.740. The van der Waals surface area contributed by atoms with Crippen molar-refractivity contribution in [2.75, 3.05) is 6.54 Å². The van der Waals surface area contributed by atoms with Crippen molar-refractivity contribution in [2.24, 2.45) is 0 Å². The Bertz CT molecular complexity index is 817. The van der Waals surface area contributed by atoms with E-state index in [1.165, 1.54) is 12.8 Å². The van der Waals surface area contributed by atoms with Gasteiger partial charge in [-0.3, -0.25) is 14.6 Å². The highest BCUT2D eigenvalue weighted by Gasteiger charge is 2.24. The van der Waals surface area contributed by atoms with Crippen molar-refractivity contribution in [1.29, 1.82) is 0 Å². The van der Waals surface area contributed by atoms with Gasteiger partial charge in [0, 0.05) is 24.2 Å². The molecule has 1 aliphatic heterocycles. The number of pyridine rings is 1. The lowest BCUT2D eigenvalue weighted by molar-refractivity contribution is 0.122. The summed E-state index contributed by atoms with van der Waals surface area (Å²) in [6.45, 7) is 2.55. The molecule has 1 atom stereocenters. The molecule has 1 aromatic carbocycles. The van der Waals surface area contributed by atoms with Crippen molar-refractivity contribution in [3.63, 3.8) is 0 Å². The molecule has 3 heterocycles. The molecule has 6 heteroatoms. The number of rotatable bonds is 4. The van der Waals surface area contributed by atoms with Gasteiger partial charge in [-0.2, -0.15) is 5.10 Å².